The standard InChI is InChI=1S/C7H8F8O2/c1-17-3-5(10,11)7(14,15)6(12,13)4(8,9)2-16/h16H,2-3H2,1H3. The quantitative estimate of drug-likeness (QED) is 0.753. The molecule has 104 valence electrons. The SMILES string of the molecule is COCC(F)(F)C(F)(F)C(F)(F)C(F)(F)CO. The van der Waals surface area contributed by atoms with Gasteiger partial charge in [0, 0.05) is 7.11 Å². The molecule has 0 radical (unpaired) electrons. The first-order chi connectivity index (χ1) is 7.37. The number of rotatable bonds is 6. The molecule has 0 heterocycles. The number of ether oxygens (including phenoxy) is 1. The largest absolute Gasteiger partial charge is 0.390 e. The molecule has 0 aromatic rings. The molecule has 0 bridgehead atoms. The van der Waals surface area contributed by atoms with Gasteiger partial charge in [-0.05, 0) is 0 Å². The molecule has 0 amide bonds. The minimum atomic E-state index is -6.42. The lowest BCUT2D eigenvalue weighted by atomic mass is 9.99. The molecule has 17 heavy (non-hydrogen) atoms. The summed E-state index contributed by atoms with van der Waals surface area (Å²) < 4.78 is 104. The van der Waals surface area contributed by atoms with Crippen molar-refractivity contribution in [3.05, 3.63) is 0 Å². The third-order valence-corrected chi connectivity index (χ3v) is 1.84. The van der Waals surface area contributed by atoms with E-state index in [1.807, 2.05) is 0 Å². The van der Waals surface area contributed by atoms with Crippen LogP contribution in [0.2, 0.25) is 0 Å². The molecular formula is C7H8F8O2. The molecule has 2 nitrogen and oxygen atoms in total. The highest BCUT2D eigenvalue weighted by atomic mass is 19.4. The Hall–Kier alpha value is -0.640. The molecule has 0 atom stereocenters. The number of hydrogen-bond donors (Lipinski definition) is 1. The second-order valence-corrected chi connectivity index (χ2v) is 3.15. The van der Waals surface area contributed by atoms with Gasteiger partial charge in [-0.15, -0.1) is 0 Å². The molecule has 0 aromatic heterocycles. The van der Waals surface area contributed by atoms with E-state index in [0.29, 0.717) is 7.11 Å². The fourth-order valence-corrected chi connectivity index (χ4v) is 0.831. The number of aliphatic hydroxyl groups is 1. The fourth-order valence-electron chi connectivity index (χ4n) is 0.831. The van der Waals surface area contributed by atoms with Crippen molar-refractivity contribution in [3.63, 3.8) is 0 Å². The maximum atomic E-state index is 12.7. The van der Waals surface area contributed by atoms with Crippen LogP contribution in [-0.4, -0.2) is 49.1 Å². The van der Waals surface area contributed by atoms with Crippen LogP contribution in [-0.2, 0) is 4.74 Å². The van der Waals surface area contributed by atoms with Crippen LogP contribution in [0.4, 0.5) is 35.1 Å². The van der Waals surface area contributed by atoms with E-state index in [1.54, 1.807) is 0 Å². The molecule has 0 spiro atoms. The van der Waals surface area contributed by atoms with Crippen LogP contribution >= 0.6 is 0 Å². The minimum absolute atomic E-state index is 0.506. The zero-order chi connectivity index (χ0) is 14.1. The van der Waals surface area contributed by atoms with Crippen LogP contribution in [0.1, 0.15) is 0 Å². The monoisotopic (exact) mass is 276 g/mol. The van der Waals surface area contributed by atoms with Crippen LogP contribution < -0.4 is 0 Å². The van der Waals surface area contributed by atoms with Crippen LogP contribution in [0, 0.1) is 0 Å². The zero-order valence-corrected chi connectivity index (χ0v) is 8.29. The van der Waals surface area contributed by atoms with Gasteiger partial charge in [0.05, 0.1) is 0 Å². The number of alkyl halides is 8. The summed E-state index contributed by atoms with van der Waals surface area (Å²) in [5.41, 5.74) is 0. The lowest BCUT2D eigenvalue weighted by Gasteiger charge is -2.35. The van der Waals surface area contributed by atoms with E-state index >= 15 is 0 Å². The van der Waals surface area contributed by atoms with Gasteiger partial charge in [-0.3, -0.25) is 0 Å². The molecule has 10 heteroatoms. The normalized spacial score (nSPS) is 15.2. The highest BCUT2D eigenvalue weighted by molar-refractivity contribution is 5.03. The fraction of sp³-hybridized carbons (Fsp3) is 1.00. The van der Waals surface area contributed by atoms with E-state index in [1.165, 1.54) is 0 Å². The van der Waals surface area contributed by atoms with E-state index in [-0.39, 0.29) is 0 Å². The second kappa shape index (κ2) is 4.56. The maximum absolute atomic E-state index is 12.7. The Morgan fingerprint density at radius 1 is 0.824 bits per heavy atom. The lowest BCUT2D eigenvalue weighted by Crippen LogP contribution is -2.64. The van der Waals surface area contributed by atoms with Crippen molar-refractivity contribution in [3.8, 4) is 0 Å². The molecule has 0 aromatic carbocycles. The first-order valence-electron chi connectivity index (χ1n) is 3.98. The van der Waals surface area contributed by atoms with Crippen LogP contribution in [0.3, 0.4) is 0 Å². The highest BCUT2D eigenvalue weighted by Crippen LogP contribution is 2.52. The molecule has 0 saturated heterocycles. The predicted molar refractivity (Wildman–Crippen MR) is 38.7 cm³/mol. The van der Waals surface area contributed by atoms with Gasteiger partial charge < -0.3 is 9.84 Å². The average Bonchev–Trinajstić information content (AvgIpc) is 2.16. The van der Waals surface area contributed by atoms with Crippen LogP contribution in [0.25, 0.3) is 0 Å². The van der Waals surface area contributed by atoms with Crippen molar-refractivity contribution in [1.29, 1.82) is 0 Å². The Morgan fingerprint density at radius 3 is 1.47 bits per heavy atom. The van der Waals surface area contributed by atoms with Gasteiger partial charge in [-0.2, -0.15) is 35.1 Å². The van der Waals surface area contributed by atoms with Crippen molar-refractivity contribution in [1.82, 2.24) is 0 Å². The molecule has 0 unspecified atom stereocenters. The van der Waals surface area contributed by atoms with E-state index < -0.39 is 36.9 Å². The Bertz CT molecular complexity index is 265. The lowest BCUT2D eigenvalue weighted by molar-refractivity contribution is -0.374. The van der Waals surface area contributed by atoms with E-state index in [4.69, 9.17) is 5.11 Å². The Morgan fingerprint density at radius 2 is 1.18 bits per heavy atom. The smallest absolute Gasteiger partial charge is 0.380 e. The molecule has 0 saturated carbocycles. The molecule has 0 fully saturated rings. The number of methoxy groups -OCH3 is 1. The summed E-state index contributed by atoms with van der Waals surface area (Å²) in [6.07, 6.45) is 0. The van der Waals surface area contributed by atoms with Crippen molar-refractivity contribution in [2.45, 2.75) is 23.7 Å². The molecule has 1 N–H and O–H groups in total. The summed E-state index contributed by atoms with van der Waals surface area (Å²) >= 11 is 0. The third kappa shape index (κ3) is 2.46. The first kappa shape index (κ1) is 16.4. The van der Waals surface area contributed by atoms with Gasteiger partial charge in [0.1, 0.15) is 13.2 Å². The Balaban J connectivity index is 5.44. The van der Waals surface area contributed by atoms with E-state index in [0.717, 1.165) is 0 Å². The van der Waals surface area contributed by atoms with Crippen molar-refractivity contribution >= 4 is 0 Å². The zero-order valence-electron chi connectivity index (χ0n) is 8.29. The third-order valence-electron chi connectivity index (χ3n) is 1.84. The van der Waals surface area contributed by atoms with Crippen LogP contribution in [0.5, 0.6) is 0 Å². The summed E-state index contributed by atoms with van der Waals surface area (Å²) in [7, 11) is 0.506. The maximum Gasteiger partial charge on any atom is 0.380 e. The summed E-state index contributed by atoms with van der Waals surface area (Å²) in [4.78, 5) is 0. The molecule has 0 rings (SSSR count). The molecule has 0 aliphatic heterocycles. The highest BCUT2D eigenvalue weighted by Gasteiger charge is 2.80. The minimum Gasteiger partial charge on any atom is -0.390 e. The summed E-state index contributed by atoms with van der Waals surface area (Å²) in [6.45, 7) is -4.87. The van der Waals surface area contributed by atoms with Gasteiger partial charge >= 0.3 is 23.7 Å². The van der Waals surface area contributed by atoms with E-state index in [2.05, 4.69) is 4.74 Å². The van der Waals surface area contributed by atoms with Gasteiger partial charge in [-0.25, -0.2) is 0 Å². The second-order valence-electron chi connectivity index (χ2n) is 3.15. The summed E-state index contributed by atoms with van der Waals surface area (Å²) in [5, 5.41) is 7.85. The van der Waals surface area contributed by atoms with Gasteiger partial charge in [-0.1, -0.05) is 0 Å². The van der Waals surface area contributed by atoms with Gasteiger partial charge in [0.2, 0.25) is 0 Å². The van der Waals surface area contributed by atoms with Gasteiger partial charge in [0.25, 0.3) is 0 Å². The Kier molecular flexibility index (Phi) is 4.39. The average molecular weight is 276 g/mol. The van der Waals surface area contributed by atoms with Crippen molar-refractivity contribution in [2.24, 2.45) is 0 Å². The number of hydrogen-bond acceptors (Lipinski definition) is 2. The molecular weight excluding hydrogens is 268 g/mol. The molecule has 0 aliphatic carbocycles. The summed E-state index contributed by atoms with van der Waals surface area (Å²) in [5.74, 6) is -24.0. The van der Waals surface area contributed by atoms with Gasteiger partial charge in [0.15, 0.2) is 0 Å². The van der Waals surface area contributed by atoms with Crippen LogP contribution in [0.15, 0.2) is 0 Å². The Labute approximate surface area is 90.2 Å². The topological polar surface area (TPSA) is 29.5 Å². The summed E-state index contributed by atoms with van der Waals surface area (Å²) in [6, 6.07) is 0. The number of aliphatic hydroxyl groups excluding tert-OH is 1. The first-order valence-corrected chi connectivity index (χ1v) is 3.98. The molecule has 0 aliphatic rings. The number of halogens is 8. The van der Waals surface area contributed by atoms with Crippen molar-refractivity contribution < 1.29 is 45.0 Å². The predicted octanol–water partition coefficient (Wildman–Crippen LogP) is 2.17. The van der Waals surface area contributed by atoms with Crippen molar-refractivity contribution in [2.75, 3.05) is 20.3 Å². The van der Waals surface area contributed by atoms with E-state index in [9.17, 15) is 35.1 Å².